The van der Waals surface area contributed by atoms with Crippen LogP contribution in [0.1, 0.15) is 4.88 Å². The molecule has 0 aliphatic heterocycles. The van der Waals surface area contributed by atoms with Crippen molar-refractivity contribution >= 4 is 34.5 Å². The molecule has 0 fully saturated rings. The average molecular weight is 282 g/mol. The van der Waals surface area contributed by atoms with Gasteiger partial charge in [-0.25, -0.2) is 0 Å². The summed E-state index contributed by atoms with van der Waals surface area (Å²) in [5.41, 5.74) is 0.724. The Balaban J connectivity index is 1.98. The van der Waals surface area contributed by atoms with Crippen LogP contribution in [-0.4, -0.2) is 13.0 Å². The van der Waals surface area contributed by atoms with Gasteiger partial charge in [0.1, 0.15) is 5.75 Å². The highest BCUT2D eigenvalue weighted by atomic mass is 35.5. The zero-order valence-electron chi connectivity index (χ0n) is 9.77. The van der Waals surface area contributed by atoms with E-state index in [9.17, 15) is 4.79 Å². The molecule has 0 saturated carbocycles. The Hall–Kier alpha value is -1.52. The maximum absolute atomic E-state index is 11.8. The third-order valence-electron chi connectivity index (χ3n) is 2.32. The van der Waals surface area contributed by atoms with Gasteiger partial charge in [0.05, 0.1) is 17.9 Å². The third-order valence-corrected chi connectivity index (χ3v) is 3.55. The van der Waals surface area contributed by atoms with Crippen molar-refractivity contribution in [3.63, 3.8) is 0 Å². The second-order valence-corrected chi connectivity index (χ2v) is 5.46. The summed E-state index contributed by atoms with van der Waals surface area (Å²) >= 11 is 7.23. The standard InChI is InChI=1S/C13H12ClNO2S/c1-17-10-4-2-3-9(7-10)15-13(16)8-11-5-6-12(14)18-11/h2-7H,8H2,1H3,(H,15,16). The molecule has 0 atom stereocenters. The van der Waals surface area contributed by atoms with Crippen LogP contribution in [0.2, 0.25) is 4.34 Å². The molecule has 1 heterocycles. The molecule has 18 heavy (non-hydrogen) atoms. The van der Waals surface area contributed by atoms with Crippen LogP contribution in [-0.2, 0) is 11.2 Å². The molecule has 0 unspecified atom stereocenters. The minimum absolute atomic E-state index is 0.0678. The van der Waals surface area contributed by atoms with Gasteiger partial charge in [0, 0.05) is 16.6 Å². The summed E-state index contributed by atoms with van der Waals surface area (Å²) in [6, 6.07) is 10.9. The van der Waals surface area contributed by atoms with Crippen LogP contribution in [0.25, 0.3) is 0 Å². The number of carbonyl (C=O) groups excluding carboxylic acids is 1. The SMILES string of the molecule is COc1cccc(NC(=O)Cc2ccc(Cl)s2)c1. The van der Waals surface area contributed by atoms with Crippen molar-refractivity contribution in [2.75, 3.05) is 12.4 Å². The average Bonchev–Trinajstić information content (AvgIpc) is 2.74. The molecule has 1 N–H and O–H groups in total. The Morgan fingerprint density at radius 3 is 2.89 bits per heavy atom. The Bertz CT molecular complexity index is 553. The Morgan fingerprint density at radius 2 is 2.22 bits per heavy atom. The van der Waals surface area contributed by atoms with E-state index in [-0.39, 0.29) is 5.91 Å². The van der Waals surface area contributed by atoms with Crippen LogP contribution in [0, 0.1) is 0 Å². The zero-order valence-corrected chi connectivity index (χ0v) is 11.3. The number of hydrogen-bond acceptors (Lipinski definition) is 3. The van der Waals surface area contributed by atoms with E-state index < -0.39 is 0 Å². The van der Waals surface area contributed by atoms with Crippen LogP contribution in [0.3, 0.4) is 0 Å². The van der Waals surface area contributed by atoms with E-state index >= 15 is 0 Å². The number of benzene rings is 1. The van der Waals surface area contributed by atoms with Crippen molar-refractivity contribution in [3.8, 4) is 5.75 Å². The molecule has 5 heteroatoms. The summed E-state index contributed by atoms with van der Waals surface area (Å²) in [5.74, 6) is 0.647. The minimum Gasteiger partial charge on any atom is -0.497 e. The molecule has 2 rings (SSSR count). The number of halogens is 1. The van der Waals surface area contributed by atoms with Gasteiger partial charge in [-0.3, -0.25) is 4.79 Å². The van der Waals surface area contributed by atoms with Crippen LogP contribution in [0.5, 0.6) is 5.75 Å². The van der Waals surface area contributed by atoms with Gasteiger partial charge in [-0.2, -0.15) is 0 Å². The first-order valence-electron chi connectivity index (χ1n) is 5.35. The molecule has 2 aromatic rings. The zero-order chi connectivity index (χ0) is 13.0. The third kappa shape index (κ3) is 3.48. The number of hydrogen-bond donors (Lipinski definition) is 1. The lowest BCUT2D eigenvalue weighted by Gasteiger charge is -2.06. The quantitative estimate of drug-likeness (QED) is 0.930. The number of methoxy groups -OCH3 is 1. The normalized spacial score (nSPS) is 10.1. The number of amides is 1. The maximum Gasteiger partial charge on any atom is 0.229 e. The summed E-state index contributed by atoms with van der Waals surface area (Å²) < 4.78 is 5.79. The molecule has 1 amide bonds. The van der Waals surface area contributed by atoms with Crippen LogP contribution in [0.15, 0.2) is 36.4 Å². The van der Waals surface area contributed by atoms with E-state index in [0.717, 1.165) is 10.6 Å². The predicted molar refractivity (Wildman–Crippen MR) is 74.7 cm³/mol. The second kappa shape index (κ2) is 5.89. The highest BCUT2D eigenvalue weighted by Gasteiger charge is 2.06. The number of anilines is 1. The molecular formula is C13H12ClNO2S. The van der Waals surface area contributed by atoms with Crippen LogP contribution >= 0.6 is 22.9 Å². The number of ether oxygens (including phenoxy) is 1. The first kappa shape index (κ1) is 12.9. The highest BCUT2D eigenvalue weighted by molar-refractivity contribution is 7.16. The van der Waals surface area contributed by atoms with Gasteiger partial charge in [0.15, 0.2) is 0 Å². The van der Waals surface area contributed by atoms with Gasteiger partial charge < -0.3 is 10.1 Å². The topological polar surface area (TPSA) is 38.3 Å². The lowest BCUT2D eigenvalue weighted by molar-refractivity contribution is -0.115. The molecular weight excluding hydrogens is 270 g/mol. The van der Waals surface area contributed by atoms with Gasteiger partial charge in [0.25, 0.3) is 0 Å². The van der Waals surface area contributed by atoms with E-state index in [4.69, 9.17) is 16.3 Å². The van der Waals surface area contributed by atoms with Crippen molar-refractivity contribution in [2.24, 2.45) is 0 Å². The summed E-state index contributed by atoms with van der Waals surface area (Å²) in [4.78, 5) is 12.7. The van der Waals surface area contributed by atoms with E-state index in [0.29, 0.717) is 16.5 Å². The van der Waals surface area contributed by atoms with E-state index in [1.54, 1.807) is 19.2 Å². The van der Waals surface area contributed by atoms with Crippen LogP contribution in [0.4, 0.5) is 5.69 Å². The lowest BCUT2D eigenvalue weighted by atomic mass is 10.2. The fraction of sp³-hybridized carbons (Fsp3) is 0.154. The molecule has 0 aliphatic rings. The molecule has 94 valence electrons. The van der Waals surface area contributed by atoms with E-state index in [1.165, 1.54) is 11.3 Å². The largest absolute Gasteiger partial charge is 0.497 e. The molecule has 0 saturated heterocycles. The first-order chi connectivity index (χ1) is 8.67. The fourth-order valence-corrected chi connectivity index (χ4v) is 2.60. The first-order valence-corrected chi connectivity index (χ1v) is 6.55. The molecule has 1 aromatic carbocycles. The van der Waals surface area contributed by atoms with Crippen molar-refractivity contribution in [1.29, 1.82) is 0 Å². The summed E-state index contributed by atoms with van der Waals surface area (Å²) in [7, 11) is 1.59. The van der Waals surface area contributed by atoms with Gasteiger partial charge in [0.2, 0.25) is 5.91 Å². The Labute approximate surface area is 114 Å². The Morgan fingerprint density at radius 1 is 1.39 bits per heavy atom. The summed E-state index contributed by atoms with van der Waals surface area (Å²) in [6.07, 6.45) is 0.328. The number of thiophene rings is 1. The van der Waals surface area contributed by atoms with Gasteiger partial charge in [-0.1, -0.05) is 17.7 Å². The fourth-order valence-electron chi connectivity index (χ4n) is 1.51. The highest BCUT2D eigenvalue weighted by Crippen LogP contribution is 2.22. The van der Waals surface area contributed by atoms with E-state index in [2.05, 4.69) is 5.32 Å². The van der Waals surface area contributed by atoms with Crippen molar-refractivity contribution in [2.45, 2.75) is 6.42 Å². The number of carbonyl (C=O) groups is 1. The number of nitrogens with one attached hydrogen (secondary N) is 1. The van der Waals surface area contributed by atoms with Gasteiger partial charge in [-0.15, -0.1) is 11.3 Å². The molecule has 0 spiro atoms. The molecule has 0 bridgehead atoms. The van der Waals surface area contributed by atoms with Crippen molar-refractivity contribution in [3.05, 3.63) is 45.6 Å². The van der Waals surface area contributed by atoms with Crippen molar-refractivity contribution in [1.82, 2.24) is 0 Å². The summed E-state index contributed by atoms with van der Waals surface area (Å²) in [6.45, 7) is 0. The second-order valence-electron chi connectivity index (χ2n) is 3.66. The van der Waals surface area contributed by atoms with Gasteiger partial charge in [-0.05, 0) is 24.3 Å². The van der Waals surface area contributed by atoms with Crippen LogP contribution < -0.4 is 10.1 Å². The smallest absolute Gasteiger partial charge is 0.229 e. The van der Waals surface area contributed by atoms with E-state index in [1.807, 2.05) is 24.3 Å². The predicted octanol–water partition coefficient (Wildman–Crippen LogP) is 3.59. The molecule has 0 aliphatic carbocycles. The summed E-state index contributed by atoms with van der Waals surface area (Å²) in [5, 5.41) is 2.82. The van der Waals surface area contributed by atoms with Crippen molar-refractivity contribution < 1.29 is 9.53 Å². The Kier molecular flexibility index (Phi) is 4.23. The minimum atomic E-state index is -0.0678. The number of rotatable bonds is 4. The molecule has 1 aromatic heterocycles. The molecule has 3 nitrogen and oxygen atoms in total. The maximum atomic E-state index is 11.8. The molecule has 0 radical (unpaired) electrons. The van der Waals surface area contributed by atoms with Gasteiger partial charge >= 0.3 is 0 Å². The monoisotopic (exact) mass is 281 g/mol. The lowest BCUT2D eigenvalue weighted by Crippen LogP contribution is -2.13.